The van der Waals surface area contributed by atoms with Crippen LogP contribution in [-0.4, -0.2) is 43.6 Å². The van der Waals surface area contributed by atoms with E-state index in [0.29, 0.717) is 19.0 Å². The lowest BCUT2D eigenvalue weighted by Gasteiger charge is -2.38. The SMILES string of the molecule is CCNCC(C)S(=O)(=O)N1CC(CC)CCC1C. The van der Waals surface area contributed by atoms with Crippen LogP contribution in [0.4, 0.5) is 0 Å². The van der Waals surface area contributed by atoms with Gasteiger partial charge in [0.15, 0.2) is 0 Å². The molecular formula is C13H28N2O2S. The summed E-state index contributed by atoms with van der Waals surface area (Å²) in [5.41, 5.74) is 0. The second-order valence-electron chi connectivity index (χ2n) is 5.43. The smallest absolute Gasteiger partial charge is 0.218 e. The number of rotatable bonds is 6. The van der Waals surface area contributed by atoms with Gasteiger partial charge in [0.25, 0.3) is 0 Å². The lowest BCUT2D eigenvalue weighted by molar-refractivity contribution is 0.202. The minimum absolute atomic E-state index is 0.155. The molecule has 1 rings (SSSR count). The van der Waals surface area contributed by atoms with Crippen molar-refractivity contribution in [1.82, 2.24) is 9.62 Å². The number of hydrogen-bond donors (Lipinski definition) is 1. The van der Waals surface area contributed by atoms with Crippen LogP contribution in [0.25, 0.3) is 0 Å². The zero-order chi connectivity index (χ0) is 13.8. The Balaban J connectivity index is 2.75. The van der Waals surface area contributed by atoms with E-state index < -0.39 is 10.0 Å². The van der Waals surface area contributed by atoms with Gasteiger partial charge in [0.05, 0.1) is 5.25 Å². The van der Waals surface area contributed by atoms with Crippen molar-refractivity contribution in [3.8, 4) is 0 Å². The Bertz CT molecular complexity index is 343. The molecule has 1 aliphatic heterocycles. The molecular weight excluding hydrogens is 248 g/mol. The maximum atomic E-state index is 12.5. The van der Waals surface area contributed by atoms with E-state index in [-0.39, 0.29) is 11.3 Å². The summed E-state index contributed by atoms with van der Waals surface area (Å²) in [5.74, 6) is 0.530. The molecule has 1 aliphatic rings. The topological polar surface area (TPSA) is 49.4 Å². The molecule has 108 valence electrons. The standard InChI is InChI=1S/C13H28N2O2S/c1-5-13-8-7-11(3)15(10-13)18(16,17)12(4)9-14-6-2/h11-14H,5-10H2,1-4H3. The van der Waals surface area contributed by atoms with Gasteiger partial charge in [0.1, 0.15) is 0 Å². The van der Waals surface area contributed by atoms with E-state index in [4.69, 9.17) is 0 Å². The Kier molecular flexibility index (Phi) is 6.08. The van der Waals surface area contributed by atoms with Gasteiger partial charge in [-0.05, 0) is 39.2 Å². The van der Waals surface area contributed by atoms with Crippen molar-refractivity contribution in [3.63, 3.8) is 0 Å². The van der Waals surface area contributed by atoms with Crippen molar-refractivity contribution >= 4 is 10.0 Å². The maximum absolute atomic E-state index is 12.5. The predicted octanol–water partition coefficient (Wildman–Crippen LogP) is 1.82. The first-order valence-corrected chi connectivity index (χ1v) is 8.65. The van der Waals surface area contributed by atoms with Gasteiger partial charge >= 0.3 is 0 Å². The van der Waals surface area contributed by atoms with Crippen molar-refractivity contribution in [3.05, 3.63) is 0 Å². The third-order valence-corrected chi connectivity index (χ3v) is 6.36. The summed E-state index contributed by atoms with van der Waals surface area (Å²) in [6, 6.07) is 0.155. The van der Waals surface area contributed by atoms with Crippen molar-refractivity contribution in [2.45, 2.75) is 58.2 Å². The number of sulfonamides is 1. The van der Waals surface area contributed by atoms with Crippen molar-refractivity contribution in [1.29, 1.82) is 0 Å². The first-order valence-electron chi connectivity index (χ1n) is 7.14. The Labute approximate surface area is 112 Å². The molecule has 0 aromatic carbocycles. The molecule has 0 aromatic rings. The first kappa shape index (κ1) is 15.9. The summed E-state index contributed by atoms with van der Waals surface area (Å²) >= 11 is 0. The number of piperidine rings is 1. The highest BCUT2D eigenvalue weighted by Gasteiger charge is 2.36. The van der Waals surface area contributed by atoms with Gasteiger partial charge < -0.3 is 5.32 Å². The van der Waals surface area contributed by atoms with Crippen LogP contribution >= 0.6 is 0 Å². The number of nitrogens with one attached hydrogen (secondary N) is 1. The van der Waals surface area contributed by atoms with Gasteiger partial charge in [-0.3, -0.25) is 0 Å². The van der Waals surface area contributed by atoms with Crippen LogP contribution in [0.5, 0.6) is 0 Å². The number of nitrogens with zero attached hydrogens (tertiary/aromatic N) is 1. The summed E-state index contributed by atoms with van der Waals surface area (Å²) in [7, 11) is -3.16. The van der Waals surface area contributed by atoms with Gasteiger partial charge in [-0.1, -0.05) is 20.3 Å². The molecule has 18 heavy (non-hydrogen) atoms. The van der Waals surface area contributed by atoms with Crippen LogP contribution in [-0.2, 0) is 10.0 Å². The normalized spacial score (nSPS) is 28.2. The molecule has 0 amide bonds. The zero-order valence-corrected chi connectivity index (χ0v) is 13.0. The van der Waals surface area contributed by atoms with Gasteiger partial charge in [0, 0.05) is 19.1 Å². The Morgan fingerprint density at radius 1 is 1.33 bits per heavy atom. The van der Waals surface area contributed by atoms with Crippen molar-refractivity contribution in [2.75, 3.05) is 19.6 Å². The average Bonchev–Trinajstić information content (AvgIpc) is 2.36. The fourth-order valence-corrected chi connectivity index (χ4v) is 4.33. The van der Waals surface area contributed by atoms with Crippen LogP contribution < -0.4 is 5.32 Å². The molecule has 5 heteroatoms. The minimum atomic E-state index is -3.16. The second kappa shape index (κ2) is 6.87. The molecule has 3 unspecified atom stereocenters. The van der Waals surface area contributed by atoms with E-state index in [2.05, 4.69) is 12.2 Å². The largest absolute Gasteiger partial charge is 0.316 e. The van der Waals surface area contributed by atoms with Gasteiger partial charge in [-0.2, -0.15) is 4.31 Å². The van der Waals surface area contributed by atoms with Gasteiger partial charge in [-0.25, -0.2) is 8.42 Å². The van der Waals surface area contributed by atoms with E-state index in [1.807, 2.05) is 13.8 Å². The molecule has 0 spiro atoms. The van der Waals surface area contributed by atoms with Gasteiger partial charge in [0.2, 0.25) is 10.0 Å². The van der Waals surface area contributed by atoms with E-state index in [0.717, 1.165) is 25.8 Å². The highest BCUT2D eigenvalue weighted by molar-refractivity contribution is 7.89. The highest BCUT2D eigenvalue weighted by atomic mass is 32.2. The molecule has 0 radical (unpaired) electrons. The fourth-order valence-electron chi connectivity index (χ4n) is 2.52. The highest BCUT2D eigenvalue weighted by Crippen LogP contribution is 2.27. The summed E-state index contributed by atoms with van der Waals surface area (Å²) in [5, 5.41) is 2.79. The van der Waals surface area contributed by atoms with Crippen LogP contribution in [0.3, 0.4) is 0 Å². The van der Waals surface area contributed by atoms with E-state index in [9.17, 15) is 8.42 Å². The van der Waals surface area contributed by atoms with E-state index in [1.54, 1.807) is 11.2 Å². The molecule has 1 N–H and O–H groups in total. The summed E-state index contributed by atoms with van der Waals surface area (Å²) in [6.45, 7) is 10.0. The predicted molar refractivity (Wildman–Crippen MR) is 76.1 cm³/mol. The van der Waals surface area contributed by atoms with Crippen molar-refractivity contribution < 1.29 is 8.42 Å². The summed E-state index contributed by atoms with van der Waals surface area (Å²) in [4.78, 5) is 0. The van der Waals surface area contributed by atoms with Gasteiger partial charge in [-0.15, -0.1) is 0 Å². The summed E-state index contributed by atoms with van der Waals surface area (Å²) < 4.78 is 26.8. The fraction of sp³-hybridized carbons (Fsp3) is 1.00. The summed E-state index contributed by atoms with van der Waals surface area (Å²) in [6.07, 6.45) is 3.22. The molecule has 4 nitrogen and oxygen atoms in total. The molecule has 0 aliphatic carbocycles. The minimum Gasteiger partial charge on any atom is -0.316 e. The molecule has 0 saturated carbocycles. The molecule has 0 bridgehead atoms. The van der Waals surface area contributed by atoms with Crippen LogP contribution in [0.1, 0.15) is 47.0 Å². The molecule has 1 fully saturated rings. The third-order valence-electron chi connectivity index (χ3n) is 4.02. The van der Waals surface area contributed by atoms with E-state index >= 15 is 0 Å². The molecule has 1 saturated heterocycles. The molecule has 3 atom stereocenters. The van der Waals surface area contributed by atoms with Crippen LogP contribution in [0.2, 0.25) is 0 Å². The Morgan fingerprint density at radius 3 is 2.56 bits per heavy atom. The first-order chi connectivity index (χ1) is 8.43. The second-order valence-corrected chi connectivity index (χ2v) is 7.74. The van der Waals surface area contributed by atoms with Crippen LogP contribution in [0, 0.1) is 5.92 Å². The average molecular weight is 276 g/mol. The Morgan fingerprint density at radius 2 is 2.00 bits per heavy atom. The number of hydrogen-bond acceptors (Lipinski definition) is 3. The quantitative estimate of drug-likeness (QED) is 0.805. The lowest BCUT2D eigenvalue weighted by atomic mass is 9.93. The Hall–Kier alpha value is -0.130. The lowest BCUT2D eigenvalue weighted by Crippen LogP contribution is -2.50. The maximum Gasteiger partial charge on any atom is 0.218 e. The van der Waals surface area contributed by atoms with E-state index in [1.165, 1.54) is 0 Å². The van der Waals surface area contributed by atoms with Crippen LogP contribution in [0.15, 0.2) is 0 Å². The monoisotopic (exact) mass is 276 g/mol. The van der Waals surface area contributed by atoms with Crippen molar-refractivity contribution in [2.24, 2.45) is 5.92 Å². The zero-order valence-electron chi connectivity index (χ0n) is 12.1. The molecule has 0 aromatic heterocycles. The third kappa shape index (κ3) is 3.68. The molecule has 1 heterocycles.